The molecule has 88 valence electrons. The quantitative estimate of drug-likeness (QED) is 0.629. The van der Waals surface area contributed by atoms with Gasteiger partial charge in [-0.05, 0) is 19.8 Å². The second kappa shape index (κ2) is 4.91. The van der Waals surface area contributed by atoms with Crippen molar-refractivity contribution in [3.8, 4) is 0 Å². The van der Waals surface area contributed by atoms with Crippen LogP contribution in [0.3, 0.4) is 0 Å². The molecule has 1 rings (SSSR count). The van der Waals surface area contributed by atoms with E-state index in [0.717, 1.165) is 17.1 Å². The van der Waals surface area contributed by atoms with Gasteiger partial charge >= 0.3 is 5.97 Å². The van der Waals surface area contributed by atoms with Crippen molar-refractivity contribution in [2.45, 2.75) is 25.8 Å². The Balaban J connectivity index is 2.63. The fourth-order valence-electron chi connectivity index (χ4n) is 1.22. The third kappa shape index (κ3) is 3.44. The number of nitrogens with one attached hydrogen (secondary N) is 1. The molecule has 0 spiro atoms. The van der Waals surface area contributed by atoms with Crippen LogP contribution >= 0.6 is 0 Å². The lowest BCUT2D eigenvalue weighted by molar-refractivity contribution is -0.143. The first kappa shape index (κ1) is 12.4. The lowest BCUT2D eigenvalue weighted by Gasteiger charge is -2.19. The number of rotatable bonds is 6. The van der Waals surface area contributed by atoms with Crippen LogP contribution in [0.25, 0.3) is 0 Å². The van der Waals surface area contributed by atoms with Gasteiger partial charge in [0.15, 0.2) is 0 Å². The van der Waals surface area contributed by atoms with Crippen LogP contribution < -0.4 is 4.72 Å². The van der Waals surface area contributed by atoms with Crippen LogP contribution in [-0.2, 0) is 19.7 Å². The molecule has 1 aliphatic rings. The lowest BCUT2D eigenvalue weighted by atomic mass is 10.6. The minimum atomic E-state index is -3.53. The van der Waals surface area contributed by atoms with Gasteiger partial charge in [0.1, 0.15) is 6.54 Å². The van der Waals surface area contributed by atoms with E-state index >= 15 is 0 Å². The van der Waals surface area contributed by atoms with Crippen LogP contribution in [0.2, 0.25) is 0 Å². The predicted molar refractivity (Wildman–Crippen MR) is 54.3 cm³/mol. The van der Waals surface area contributed by atoms with Crippen LogP contribution in [0.1, 0.15) is 19.8 Å². The van der Waals surface area contributed by atoms with E-state index in [1.807, 2.05) is 0 Å². The van der Waals surface area contributed by atoms with Gasteiger partial charge in [-0.1, -0.05) is 0 Å². The highest BCUT2D eigenvalue weighted by Gasteiger charge is 2.38. The largest absolute Gasteiger partial charge is 0.465 e. The van der Waals surface area contributed by atoms with Crippen LogP contribution in [0.4, 0.5) is 0 Å². The summed E-state index contributed by atoms with van der Waals surface area (Å²) in [7, 11) is -2.20. The molecule has 0 bridgehead atoms. The Morgan fingerprint density at radius 2 is 2.13 bits per heavy atom. The maximum Gasteiger partial charge on any atom is 0.321 e. The molecule has 0 atom stereocenters. The van der Waals surface area contributed by atoms with Gasteiger partial charge < -0.3 is 4.74 Å². The Bertz CT molecular complexity index is 324. The van der Waals surface area contributed by atoms with E-state index in [1.165, 1.54) is 7.05 Å². The Morgan fingerprint density at radius 1 is 1.53 bits per heavy atom. The van der Waals surface area contributed by atoms with Gasteiger partial charge in [-0.15, -0.1) is 0 Å². The molecule has 0 aliphatic heterocycles. The number of ether oxygens (including phenoxy) is 1. The Labute approximate surface area is 89.8 Å². The summed E-state index contributed by atoms with van der Waals surface area (Å²) in [5, 5.41) is 0. The molecule has 1 fully saturated rings. The molecule has 0 aromatic rings. The van der Waals surface area contributed by atoms with Crippen LogP contribution in [0, 0.1) is 0 Å². The molecule has 1 N–H and O–H groups in total. The van der Waals surface area contributed by atoms with Crippen molar-refractivity contribution in [2.24, 2.45) is 0 Å². The standard InChI is InChI=1S/C8H16N2O4S/c1-3-14-8(11)6-10(7-4-5-7)15(12,13)9-2/h7,9H,3-6H2,1-2H3. The molecule has 0 saturated heterocycles. The predicted octanol–water partition coefficient (Wildman–Crippen LogP) is -0.522. The van der Waals surface area contributed by atoms with Gasteiger partial charge in [0.2, 0.25) is 0 Å². The summed E-state index contributed by atoms with van der Waals surface area (Å²) in [6, 6.07) is -0.0492. The van der Waals surface area contributed by atoms with Crippen molar-refractivity contribution >= 4 is 16.2 Å². The SMILES string of the molecule is CCOC(=O)CN(C1CC1)S(=O)(=O)NC. The summed E-state index contributed by atoms with van der Waals surface area (Å²) in [5.74, 6) is -0.511. The van der Waals surface area contributed by atoms with Gasteiger partial charge in [-0.3, -0.25) is 4.79 Å². The maximum atomic E-state index is 11.5. The second-order valence-corrected chi connectivity index (χ2v) is 5.12. The molecule has 1 saturated carbocycles. The van der Waals surface area contributed by atoms with Crippen molar-refractivity contribution < 1.29 is 17.9 Å². The second-order valence-electron chi connectivity index (χ2n) is 3.29. The molecule has 0 heterocycles. The number of hydrogen-bond acceptors (Lipinski definition) is 4. The zero-order chi connectivity index (χ0) is 11.5. The molecular weight excluding hydrogens is 220 g/mol. The van der Waals surface area contributed by atoms with Crippen molar-refractivity contribution in [3.63, 3.8) is 0 Å². The van der Waals surface area contributed by atoms with Crippen LogP contribution in [-0.4, -0.2) is 44.9 Å². The molecule has 0 radical (unpaired) electrons. The van der Waals surface area contributed by atoms with Gasteiger partial charge in [-0.25, -0.2) is 4.72 Å². The van der Waals surface area contributed by atoms with Gasteiger partial charge in [0, 0.05) is 13.1 Å². The van der Waals surface area contributed by atoms with Crippen molar-refractivity contribution in [3.05, 3.63) is 0 Å². The molecule has 0 unspecified atom stereocenters. The Kier molecular flexibility index (Phi) is 4.06. The monoisotopic (exact) mass is 236 g/mol. The average Bonchev–Trinajstić information content (AvgIpc) is 2.98. The molecule has 0 aromatic carbocycles. The average molecular weight is 236 g/mol. The summed E-state index contributed by atoms with van der Waals surface area (Å²) in [4.78, 5) is 11.2. The summed E-state index contributed by atoms with van der Waals surface area (Å²) >= 11 is 0. The molecule has 0 amide bonds. The zero-order valence-electron chi connectivity index (χ0n) is 8.89. The fraction of sp³-hybridized carbons (Fsp3) is 0.875. The summed E-state index contributed by atoms with van der Waals surface area (Å²) in [6.45, 7) is 1.74. The Hall–Kier alpha value is -0.660. The number of carbonyl (C=O) groups is 1. The topological polar surface area (TPSA) is 75.7 Å². The van der Waals surface area contributed by atoms with Gasteiger partial charge in [0.05, 0.1) is 6.61 Å². The lowest BCUT2D eigenvalue weighted by Crippen LogP contribution is -2.43. The number of esters is 1. The highest BCUT2D eigenvalue weighted by Crippen LogP contribution is 2.28. The van der Waals surface area contributed by atoms with E-state index < -0.39 is 16.2 Å². The zero-order valence-corrected chi connectivity index (χ0v) is 9.71. The van der Waals surface area contributed by atoms with E-state index in [2.05, 4.69) is 4.72 Å². The minimum Gasteiger partial charge on any atom is -0.465 e. The molecular formula is C8H16N2O4S. The normalized spacial score (nSPS) is 16.7. The smallest absolute Gasteiger partial charge is 0.321 e. The van der Waals surface area contributed by atoms with E-state index in [-0.39, 0.29) is 19.2 Å². The van der Waals surface area contributed by atoms with Gasteiger partial charge in [-0.2, -0.15) is 12.7 Å². The van der Waals surface area contributed by atoms with Crippen LogP contribution in [0.5, 0.6) is 0 Å². The fourth-order valence-corrected chi connectivity index (χ4v) is 2.34. The van der Waals surface area contributed by atoms with E-state index in [9.17, 15) is 13.2 Å². The van der Waals surface area contributed by atoms with Crippen molar-refractivity contribution in [1.82, 2.24) is 9.03 Å². The number of carbonyl (C=O) groups excluding carboxylic acids is 1. The number of hydrogen-bond donors (Lipinski definition) is 1. The maximum absolute atomic E-state index is 11.5. The van der Waals surface area contributed by atoms with Gasteiger partial charge in [0.25, 0.3) is 10.2 Å². The first-order valence-electron chi connectivity index (χ1n) is 4.87. The molecule has 1 aliphatic carbocycles. The number of nitrogens with zero attached hydrogens (tertiary/aromatic N) is 1. The highest BCUT2D eigenvalue weighted by molar-refractivity contribution is 7.87. The van der Waals surface area contributed by atoms with E-state index in [1.54, 1.807) is 6.92 Å². The minimum absolute atomic E-state index is 0.0492. The summed E-state index contributed by atoms with van der Waals surface area (Å²) in [6.07, 6.45) is 1.61. The van der Waals surface area contributed by atoms with E-state index in [4.69, 9.17) is 4.74 Å². The molecule has 7 heteroatoms. The van der Waals surface area contributed by atoms with E-state index in [0.29, 0.717) is 0 Å². The highest BCUT2D eigenvalue weighted by atomic mass is 32.2. The van der Waals surface area contributed by atoms with Crippen molar-refractivity contribution in [2.75, 3.05) is 20.2 Å². The molecule has 15 heavy (non-hydrogen) atoms. The first-order valence-corrected chi connectivity index (χ1v) is 6.31. The Morgan fingerprint density at radius 3 is 2.53 bits per heavy atom. The third-order valence-corrected chi connectivity index (χ3v) is 3.67. The summed E-state index contributed by atoms with van der Waals surface area (Å²) in [5.41, 5.74) is 0. The molecule has 6 nitrogen and oxygen atoms in total. The molecule has 0 aromatic heterocycles. The van der Waals surface area contributed by atoms with Crippen LogP contribution in [0.15, 0.2) is 0 Å². The first-order chi connectivity index (χ1) is 7.01. The third-order valence-electron chi connectivity index (χ3n) is 2.11. The van der Waals surface area contributed by atoms with Crippen molar-refractivity contribution in [1.29, 1.82) is 0 Å². The summed E-state index contributed by atoms with van der Waals surface area (Å²) < 4.78 is 31.1.